The molecule has 2 aromatic rings. The van der Waals surface area contributed by atoms with E-state index in [4.69, 9.17) is 5.11 Å². The maximum atomic E-state index is 12.0. The number of rotatable bonds is 3. The van der Waals surface area contributed by atoms with Crippen molar-refractivity contribution in [3.05, 3.63) is 51.5 Å². The summed E-state index contributed by atoms with van der Waals surface area (Å²) in [4.78, 5) is 16.3. The number of benzene rings is 1. The lowest BCUT2D eigenvalue weighted by Crippen LogP contribution is -2.23. The standard InChI is InChI=1S/C15H14N2O2S/c1-11-17-14(10-20-11)9-16-15(19)13-6-2-4-12(8-13)5-3-7-18/h2,4,6,8,10,18H,7,9H2,1H3,(H,16,19). The second kappa shape index (κ2) is 6.85. The molecule has 1 amide bonds. The van der Waals surface area contributed by atoms with Crippen LogP contribution in [0.25, 0.3) is 0 Å². The van der Waals surface area contributed by atoms with Gasteiger partial charge in [-0.2, -0.15) is 0 Å². The molecule has 0 spiro atoms. The molecule has 2 N–H and O–H groups in total. The molecular weight excluding hydrogens is 272 g/mol. The van der Waals surface area contributed by atoms with E-state index >= 15 is 0 Å². The Balaban J connectivity index is 2.01. The normalized spacial score (nSPS) is 9.70. The minimum Gasteiger partial charge on any atom is -0.384 e. The molecule has 1 aromatic carbocycles. The fourth-order valence-electron chi connectivity index (χ4n) is 1.64. The number of carbonyl (C=O) groups excluding carboxylic acids is 1. The molecule has 0 aliphatic rings. The van der Waals surface area contributed by atoms with Crippen molar-refractivity contribution in [3.63, 3.8) is 0 Å². The average molecular weight is 286 g/mol. The van der Waals surface area contributed by atoms with Crippen LogP contribution in [0.4, 0.5) is 0 Å². The number of thiazole rings is 1. The summed E-state index contributed by atoms with van der Waals surface area (Å²) in [6, 6.07) is 6.99. The van der Waals surface area contributed by atoms with Gasteiger partial charge in [-0.15, -0.1) is 11.3 Å². The minimum atomic E-state index is -0.195. The van der Waals surface area contributed by atoms with Crippen molar-refractivity contribution in [2.45, 2.75) is 13.5 Å². The van der Waals surface area contributed by atoms with E-state index in [1.807, 2.05) is 12.3 Å². The molecule has 5 heteroatoms. The number of nitrogens with zero attached hydrogens (tertiary/aromatic N) is 1. The Bertz CT molecular complexity index is 668. The molecule has 0 aliphatic carbocycles. The van der Waals surface area contributed by atoms with E-state index < -0.39 is 0 Å². The first kappa shape index (κ1) is 14.3. The molecule has 4 nitrogen and oxygen atoms in total. The Kier molecular flexibility index (Phi) is 4.88. The van der Waals surface area contributed by atoms with Crippen molar-refractivity contribution >= 4 is 17.2 Å². The lowest BCUT2D eigenvalue weighted by atomic mass is 10.1. The third kappa shape index (κ3) is 3.92. The van der Waals surface area contributed by atoms with Gasteiger partial charge >= 0.3 is 0 Å². The van der Waals surface area contributed by atoms with Crippen molar-refractivity contribution < 1.29 is 9.90 Å². The molecule has 20 heavy (non-hydrogen) atoms. The molecule has 0 saturated heterocycles. The van der Waals surface area contributed by atoms with Gasteiger partial charge in [0.2, 0.25) is 0 Å². The molecule has 1 aromatic heterocycles. The molecule has 1 heterocycles. The van der Waals surface area contributed by atoms with Gasteiger partial charge in [-0.05, 0) is 25.1 Å². The molecule has 0 aliphatic heterocycles. The summed E-state index contributed by atoms with van der Waals surface area (Å²) in [5.74, 6) is 5.17. The third-order valence-electron chi connectivity index (χ3n) is 2.53. The summed E-state index contributed by atoms with van der Waals surface area (Å²) in [7, 11) is 0. The SMILES string of the molecule is Cc1nc(CNC(=O)c2cccc(C#CCO)c2)cs1. The van der Waals surface area contributed by atoms with Crippen molar-refractivity contribution in [2.75, 3.05) is 6.61 Å². The largest absolute Gasteiger partial charge is 0.384 e. The highest BCUT2D eigenvalue weighted by Crippen LogP contribution is 2.08. The third-order valence-corrected chi connectivity index (χ3v) is 3.36. The quantitative estimate of drug-likeness (QED) is 0.845. The summed E-state index contributed by atoms with van der Waals surface area (Å²) in [6.07, 6.45) is 0. The van der Waals surface area contributed by atoms with Crippen LogP contribution in [0.3, 0.4) is 0 Å². The molecule has 102 valence electrons. The fraction of sp³-hybridized carbons (Fsp3) is 0.200. The van der Waals surface area contributed by atoms with E-state index in [-0.39, 0.29) is 12.5 Å². The monoisotopic (exact) mass is 286 g/mol. The van der Waals surface area contributed by atoms with E-state index in [1.54, 1.807) is 35.6 Å². The van der Waals surface area contributed by atoms with Gasteiger partial charge in [0.1, 0.15) is 6.61 Å². The van der Waals surface area contributed by atoms with Gasteiger partial charge < -0.3 is 10.4 Å². The highest BCUT2D eigenvalue weighted by atomic mass is 32.1. The number of hydrogen-bond donors (Lipinski definition) is 2. The summed E-state index contributed by atoms with van der Waals surface area (Å²) in [6.45, 7) is 2.15. The van der Waals surface area contributed by atoms with Gasteiger partial charge in [0.25, 0.3) is 5.91 Å². The zero-order chi connectivity index (χ0) is 14.4. The van der Waals surface area contributed by atoms with E-state index in [2.05, 4.69) is 22.1 Å². The maximum Gasteiger partial charge on any atom is 0.251 e. The second-order valence-electron chi connectivity index (χ2n) is 4.08. The number of aryl methyl sites for hydroxylation is 1. The number of hydrogen-bond acceptors (Lipinski definition) is 4. The topological polar surface area (TPSA) is 62.2 Å². The van der Waals surface area contributed by atoms with E-state index in [0.29, 0.717) is 17.7 Å². The summed E-state index contributed by atoms with van der Waals surface area (Å²) in [5, 5.41) is 14.4. The van der Waals surface area contributed by atoms with E-state index in [1.165, 1.54) is 0 Å². The first-order valence-corrected chi connectivity index (χ1v) is 6.96. The average Bonchev–Trinajstić information content (AvgIpc) is 2.88. The first-order valence-electron chi connectivity index (χ1n) is 6.08. The number of nitrogens with one attached hydrogen (secondary N) is 1. The lowest BCUT2D eigenvalue weighted by molar-refractivity contribution is 0.0950. The van der Waals surface area contributed by atoms with Crippen LogP contribution >= 0.6 is 11.3 Å². The van der Waals surface area contributed by atoms with Gasteiger partial charge in [-0.3, -0.25) is 4.79 Å². The van der Waals surface area contributed by atoms with Crippen molar-refractivity contribution in [2.24, 2.45) is 0 Å². The van der Waals surface area contributed by atoms with Crippen LogP contribution in [0.5, 0.6) is 0 Å². The van der Waals surface area contributed by atoms with Crippen LogP contribution in [0.1, 0.15) is 26.6 Å². The first-order chi connectivity index (χ1) is 9.69. The lowest BCUT2D eigenvalue weighted by Gasteiger charge is -2.03. The second-order valence-corrected chi connectivity index (χ2v) is 5.14. The highest BCUT2D eigenvalue weighted by molar-refractivity contribution is 7.09. The number of aromatic nitrogens is 1. The summed E-state index contributed by atoms with van der Waals surface area (Å²) < 4.78 is 0. The molecular formula is C15H14N2O2S. The van der Waals surface area contributed by atoms with Crippen LogP contribution in [0.15, 0.2) is 29.6 Å². The maximum absolute atomic E-state index is 12.0. The summed E-state index contributed by atoms with van der Waals surface area (Å²) in [5.41, 5.74) is 2.11. The Morgan fingerprint density at radius 2 is 2.35 bits per heavy atom. The van der Waals surface area contributed by atoms with Crippen LogP contribution in [0.2, 0.25) is 0 Å². The van der Waals surface area contributed by atoms with Gasteiger partial charge in [0.15, 0.2) is 0 Å². The van der Waals surface area contributed by atoms with Crippen molar-refractivity contribution in [1.29, 1.82) is 0 Å². The Hall–Kier alpha value is -2.16. The van der Waals surface area contributed by atoms with Crippen LogP contribution in [-0.2, 0) is 6.54 Å². The molecule has 0 fully saturated rings. The Labute approximate surface area is 121 Å². The fourth-order valence-corrected chi connectivity index (χ4v) is 2.25. The number of carbonyl (C=O) groups is 1. The van der Waals surface area contributed by atoms with Crippen LogP contribution in [0, 0.1) is 18.8 Å². The number of amides is 1. The highest BCUT2D eigenvalue weighted by Gasteiger charge is 2.06. The molecule has 0 radical (unpaired) electrons. The van der Waals surface area contributed by atoms with E-state index in [0.717, 1.165) is 10.7 Å². The van der Waals surface area contributed by atoms with Crippen molar-refractivity contribution in [1.82, 2.24) is 10.3 Å². The van der Waals surface area contributed by atoms with Crippen LogP contribution in [-0.4, -0.2) is 22.6 Å². The predicted octanol–water partition coefficient (Wildman–Crippen LogP) is 1.73. The van der Waals surface area contributed by atoms with E-state index in [9.17, 15) is 4.79 Å². The molecule has 0 unspecified atom stereocenters. The summed E-state index contributed by atoms with van der Waals surface area (Å²) >= 11 is 1.56. The van der Waals surface area contributed by atoms with Gasteiger partial charge in [0, 0.05) is 16.5 Å². The number of aliphatic hydroxyl groups excluding tert-OH is 1. The molecule has 0 saturated carbocycles. The minimum absolute atomic E-state index is 0.164. The van der Waals surface area contributed by atoms with Gasteiger partial charge in [-0.25, -0.2) is 4.98 Å². The van der Waals surface area contributed by atoms with Crippen molar-refractivity contribution in [3.8, 4) is 11.8 Å². The van der Waals surface area contributed by atoms with Gasteiger partial charge in [0.05, 0.1) is 17.2 Å². The molecule has 2 rings (SSSR count). The smallest absolute Gasteiger partial charge is 0.251 e. The Morgan fingerprint density at radius 3 is 3.05 bits per heavy atom. The number of aliphatic hydroxyl groups is 1. The molecule has 0 bridgehead atoms. The zero-order valence-electron chi connectivity index (χ0n) is 11.0. The zero-order valence-corrected chi connectivity index (χ0v) is 11.8. The Morgan fingerprint density at radius 1 is 1.50 bits per heavy atom. The molecule has 0 atom stereocenters. The van der Waals surface area contributed by atoms with Gasteiger partial charge in [-0.1, -0.05) is 17.9 Å². The predicted molar refractivity (Wildman–Crippen MR) is 78.4 cm³/mol. The van der Waals surface area contributed by atoms with Crippen LogP contribution < -0.4 is 5.32 Å².